The Kier molecular flexibility index (Phi) is 5.31. The number of hydrogen-bond donors (Lipinski definition) is 1. The van der Waals surface area contributed by atoms with Gasteiger partial charge in [-0.2, -0.15) is 4.52 Å². The van der Waals surface area contributed by atoms with Crippen molar-refractivity contribution >= 4 is 17.4 Å². The van der Waals surface area contributed by atoms with Crippen molar-refractivity contribution in [1.29, 1.82) is 0 Å². The standard InChI is InChI=1S/C24H24N6O/c31-23(29-16-14-18-7-4-5-10-20(18)17-29)11-6-15-25-21-12-13-22-26-27-24(30(22)28-21)19-8-2-1-3-9-19/h1-5,7-10,12-13H,6,11,14-17H2,(H,25,28). The van der Waals surface area contributed by atoms with Crippen LogP contribution in [0.25, 0.3) is 17.0 Å². The molecule has 31 heavy (non-hydrogen) atoms. The minimum absolute atomic E-state index is 0.213. The van der Waals surface area contributed by atoms with Crippen molar-refractivity contribution in [2.45, 2.75) is 25.8 Å². The molecule has 4 aromatic rings. The Morgan fingerprint density at radius 2 is 1.74 bits per heavy atom. The molecule has 156 valence electrons. The molecule has 0 aliphatic carbocycles. The first-order valence-corrected chi connectivity index (χ1v) is 10.6. The Morgan fingerprint density at radius 1 is 0.935 bits per heavy atom. The molecule has 1 aliphatic heterocycles. The molecule has 5 rings (SSSR count). The lowest BCUT2D eigenvalue weighted by Crippen LogP contribution is -2.36. The normalized spacial score (nSPS) is 13.2. The van der Waals surface area contributed by atoms with Gasteiger partial charge in [0.05, 0.1) is 0 Å². The molecule has 0 bridgehead atoms. The lowest BCUT2D eigenvalue weighted by atomic mass is 9.99. The fourth-order valence-electron chi connectivity index (χ4n) is 3.97. The zero-order valence-electron chi connectivity index (χ0n) is 17.2. The molecule has 0 radical (unpaired) electrons. The summed E-state index contributed by atoms with van der Waals surface area (Å²) < 4.78 is 1.74. The predicted molar refractivity (Wildman–Crippen MR) is 120 cm³/mol. The van der Waals surface area contributed by atoms with Gasteiger partial charge in [-0.1, -0.05) is 54.6 Å². The molecular formula is C24H24N6O. The molecule has 1 N–H and O–H groups in total. The number of aromatic nitrogens is 4. The molecule has 0 saturated heterocycles. The van der Waals surface area contributed by atoms with E-state index < -0.39 is 0 Å². The van der Waals surface area contributed by atoms with Gasteiger partial charge in [0.25, 0.3) is 0 Å². The lowest BCUT2D eigenvalue weighted by molar-refractivity contribution is -0.132. The van der Waals surface area contributed by atoms with Crippen LogP contribution in [0.3, 0.4) is 0 Å². The molecule has 0 unspecified atom stereocenters. The highest BCUT2D eigenvalue weighted by molar-refractivity contribution is 5.76. The molecule has 7 heteroatoms. The van der Waals surface area contributed by atoms with E-state index in [9.17, 15) is 4.79 Å². The number of amides is 1. The van der Waals surface area contributed by atoms with E-state index >= 15 is 0 Å². The summed E-state index contributed by atoms with van der Waals surface area (Å²) in [6.45, 7) is 2.20. The predicted octanol–water partition coefficient (Wildman–Crippen LogP) is 3.57. The van der Waals surface area contributed by atoms with Gasteiger partial charge in [-0.15, -0.1) is 15.3 Å². The number of carbonyl (C=O) groups excluding carboxylic acids is 1. The third-order valence-corrected chi connectivity index (χ3v) is 5.65. The average molecular weight is 412 g/mol. The number of carbonyl (C=O) groups is 1. The molecule has 0 atom stereocenters. The fraction of sp³-hybridized carbons (Fsp3) is 0.250. The first-order valence-electron chi connectivity index (χ1n) is 10.6. The van der Waals surface area contributed by atoms with Crippen LogP contribution < -0.4 is 5.32 Å². The van der Waals surface area contributed by atoms with Crippen molar-refractivity contribution < 1.29 is 4.79 Å². The maximum absolute atomic E-state index is 12.6. The molecule has 7 nitrogen and oxygen atoms in total. The Balaban J connectivity index is 1.17. The quantitative estimate of drug-likeness (QED) is 0.490. The van der Waals surface area contributed by atoms with Gasteiger partial charge in [0.1, 0.15) is 5.82 Å². The van der Waals surface area contributed by atoms with Crippen LogP contribution >= 0.6 is 0 Å². The minimum Gasteiger partial charge on any atom is -0.369 e. The van der Waals surface area contributed by atoms with E-state index in [1.165, 1.54) is 11.1 Å². The number of fused-ring (bicyclic) bond motifs is 2. The van der Waals surface area contributed by atoms with Crippen molar-refractivity contribution in [3.05, 3.63) is 77.9 Å². The van der Waals surface area contributed by atoms with Crippen LogP contribution in [0.4, 0.5) is 5.82 Å². The Labute approximate surface area is 180 Å². The maximum atomic E-state index is 12.6. The highest BCUT2D eigenvalue weighted by Gasteiger charge is 2.19. The first kappa shape index (κ1) is 19.2. The number of benzene rings is 2. The van der Waals surface area contributed by atoms with Crippen LogP contribution in [0, 0.1) is 0 Å². The summed E-state index contributed by atoms with van der Waals surface area (Å²) in [7, 11) is 0. The lowest BCUT2D eigenvalue weighted by Gasteiger charge is -2.29. The van der Waals surface area contributed by atoms with Gasteiger partial charge in [-0.05, 0) is 36.1 Å². The van der Waals surface area contributed by atoms with E-state index in [0.717, 1.165) is 37.3 Å². The third-order valence-electron chi connectivity index (χ3n) is 5.65. The van der Waals surface area contributed by atoms with Crippen LogP contribution in [-0.4, -0.2) is 43.7 Å². The van der Waals surface area contributed by atoms with Gasteiger partial charge in [0.2, 0.25) is 5.91 Å². The van der Waals surface area contributed by atoms with Crippen molar-refractivity contribution in [3.63, 3.8) is 0 Å². The summed E-state index contributed by atoms with van der Waals surface area (Å²) in [5, 5.41) is 16.4. The van der Waals surface area contributed by atoms with Crippen molar-refractivity contribution in [2.75, 3.05) is 18.4 Å². The second kappa shape index (κ2) is 8.55. The highest BCUT2D eigenvalue weighted by atomic mass is 16.2. The van der Waals surface area contributed by atoms with Crippen molar-refractivity contribution in [3.8, 4) is 11.4 Å². The number of anilines is 1. The zero-order valence-corrected chi connectivity index (χ0v) is 17.2. The van der Waals surface area contributed by atoms with Crippen LogP contribution in [0.2, 0.25) is 0 Å². The number of hydrogen-bond acceptors (Lipinski definition) is 5. The third kappa shape index (κ3) is 4.12. The first-order chi connectivity index (χ1) is 15.3. The van der Waals surface area contributed by atoms with Gasteiger partial charge >= 0.3 is 0 Å². The fourth-order valence-corrected chi connectivity index (χ4v) is 3.97. The van der Waals surface area contributed by atoms with Crippen LogP contribution in [0.5, 0.6) is 0 Å². The van der Waals surface area contributed by atoms with Crippen LogP contribution in [-0.2, 0) is 17.8 Å². The molecule has 1 amide bonds. The smallest absolute Gasteiger partial charge is 0.222 e. The molecule has 0 fully saturated rings. The van der Waals surface area contributed by atoms with E-state index in [1.807, 2.05) is 53.4 Å². The Bertz CT molecular complexity index is 1200. The van der Waals surface area contributed by atoms with E-state index in [4.69, 9.17) is 0 Å². The Morgan fingerprint density at radius 3 is 2.61 bits per heavy atom. The molecular weight excluding hydrogens is 388 g/mol. The Hall–Kier alpha value is -3.74. The average Bonchev–Trinajstić information content (AvgIpc) is 3.25. The largest absolute Gasteiger partial charge is 0.369 e. The molecule has 1 aliphatic rings. The summed E-state index contributed by atoms with van der Waals surface area (Å²) in [5.74, 6) is 1.66. The monoisotopic (exact) mass is 412 g/mol. The molecule has 0 saturated carbocycles. The van der Waals surface area contributed by atoms with Gasteiger partial charge in [-0.3, -0.25) is 4.79 Å². The van der Waals surface area contributed by atoms with Crippen LogP contribution in [0.15, 0.2) is 66.7 Å². The zero-order chi connectivity index (χ0) is 21.0. The molecule has 2 aromatic heterocycles. The second-order valence-electron chi connectivity index (χ2n) is 7.74. The molecule has 3 heterocycles. The van der Waals surface area contributed by atoms with E-state index in [1.54, 1.807) is 4.52 Å². The maximum Gasteiger partial charge on any atom is 0.222 e. The number of nitrogens with zero attached hydrogens (tertiary/aromatic N) is 5. The molecule has 0 spiro atoms. The minimum atomic E-state index is 0.213. The summed E-state index contributed by atoms with van der Waals surface area (Å²) in [4.78, 5) is 14.6. The van der Waals surface area contributed by atoms with E-state index in [0.29, 0.717) is 24.4 Å². The molecule has 2 aromatic carbocycles. The summed E-state index contributed by atoms with van der Waals surface area (Å²) in [5.41, 5.74) is 4.29. The highest BCUT2D eigenvalue weighted by Crippen LogP contribution is 2.20. The SMILES string of the molecule is O=C(CCCNc1ccc2nnc(-c3ccccc3)n2n1)N1CCc2ccccc2C1. The van der Waals surface area contributed by atoms with Gasteiger partial charge in [0.15, 0.2) is 11.5 Å². The summed E-state index contributed by atoms with van der Waals surface area (Å²) >= 11 is 0. The number of nitrogens with one attached hydrogen (secondary N) is 1. The summed E-state index contributed by atoms with van der Waals surface area (Å²) in [6, 6.07) is 22.1. The topological polar surface area (TPSA) is 75.4 Å². The van der Waals surface area contributed by atoms with Crippen LogP contribution in [0.1, 0.15) is 24.0 Å². The van der Waals surface area contributed by atoms with E-state index in [2.05, 4.69) is 38.8 Å². The van der Waals surface area contributed by atoms with Gasteiger partial charge in [0, 0.05) is 31.6 Å². The van der Waals surface area contributed by atoms with Gasteiger partial charge in [-0.25, -0.2) is 0 Å². The van der Waals surface area contributed by atoms with Gasteiger partial charge < -0.3 is 10.2 Å². The van der Waals surface area contributed by atoms with E-state index in [-0.39, 0.29) is 5.91 Å². The van der Waals surface area contributed by atoms with Crippen molar-refractivity contribution in [2.24, 2.45) is 0 Å². The van der Waals surface area contributed by atoms with Crippen molar-refractivity contribution in [1.82, 2.24) is 24.7 Å². The summed E-state index contributed by atoms with van der Waals surface area (Å²) in [6.07, 6.45) is 2.22. The number of rotatable bonds is 6. The second-order valence-corrected chi connectivity index (χ2v) is 7.74.